The van der Waals surface area contributed by atoms with E-state index in [1.807, 2.05) is 24.4 Å². The molecule has 0 spiro atoms. The van der Waals surface area contributed by atoms with Crippen molar-refractivity contribution in [3.63, 3.8) is 0 Å². The fraction of sp³-hybridized carbons (Fsp3) is 0.0625. The van der Waals surface area contributed by atoms with Crippen LogP contribution in [-0.2, 0) is 6.54 Å². The predicted octanol–water partition coefficient (Wildman–Crippen LogP) is 6.13. The SMILES string of the molecule is Brc1cc(Br)c(NCc2cccc3cccnc23)c(Br)c1. The van der Waals surface area contributed by atoms with Crippen molar-refractivity contribution < 1.29 is 0 Å². The van der Waals surface area contributed by atoms with E-state index in [1.165, 1.54) is 5.56 Å². The van der Waals surface area contributed by atoms with Crippen molar-refractivity contribution in [2.24, 2.45) is 0 Å². The molecular weight excluding hydrogens is 460 g/mol. The maximum atomic E-state index is 4.48. The molecular formula is C16H11Br3N2. The van der Waals surface area contributed by atoms with Crippen molar-refractivity contribution >= 4 is 64.4 Å². The molecule has 0 radical (unpaired) electrons. The smallest absolute Gasteiger partial charge is 0.0751 e. The van der Waals surface area contributed by atoms with Crippen LogP contribution in [0.1, 0.15) is 5.56 Å². The molecule has 3 rings (SSSR count). The summed E-state index contributed by atoms with van der Waals surface area (Å²) in [5, 5.41) is 4.62. The summed E-state index contributed by atoms with van der Waals surface area (Å²) in [5.41, 5.74) is 3.25. The van der Waals surface area contributed by atoms with Gasteiger partial charge in [0.05, 0.1) is 11.2 Å². The number of rotatable bonds is 3. The zero-order chi connectivity index (χ0) is 14.8. The van der Waals surface area contributed by atoms with Crippen LogP contribution in [-0.4, -0.2) is 4.98 Å². The number of hydrogen-bond donors (Lipinski definition) is 1. The number of pyridine rings is 1. The molecule has 0 atom stereocenters. The summed E-state index contributed by atoms with van der Waals surface area (Å²) in [6, 6.07) is 14.3. The van der Waals surface area contributed by atoms with E-state index < -0.39 is 0 Å². The summed E-state index contributed by atoms with van der Waals surface area (Å²) in [6.07, 6.45) is 1.83. The third kappa shape index (κ3) is 3.30. The summed E-state index contributed by atoms with van der Waals surface area (Å²) in [4.78, 5) is 4.48. The number of nitrogens with zero attached hydrogens (tertiary/aromatic N) is 1. The second-order valence-electron chi connectivity index (χ2n) is 4.59. The van der Waals surface area contributed by atoms with Gasteiger partial charge in [0.2, 0.25) is 0 Å². The van der Waals surface area contributed by atoms with Crippen LogP contribution in [0.4, 0.5) is 5.69 Å². The molecule has 0 aliphatic rings. The van der Waals surface area contributed by atoms with Crippen LogP contribution in [0.15, 0.2) is 62.1 Å². The topological polar surface area (TPSA) is 24.9 Å². The summed E-state index contributed by atoms with van der Waals surface area (Å²) < 4.78 is 3.05. The van der Waals surface area contributed by atoms with Crippen LogP contribution < -0.4 is 5.32 Å². The molecule has 21 heavy (non-hydrogen) atoms. The van der Waals surface area contributed by atoms with Gasteiger partial charge in [-0.2, -0.15) is 0 Å². The third-order valence-corrected chi connectivity index (χ3v) is 4.89. The lowest BCUT2D eigenvalue weighted by Crippen LogP contribution is -2.02. The van der Waals surface area contributed by atoms with Crippen LogP contribution in [0, 0.1) is 0 Å². The van der Waals surface area contributed by atoms with Crippen molar-refractivity contribution in [2.75, 3.05) is 5.32 Å². The van der Waals surface area contributed by atoms with Crippen molar-refractivity contribution in [2.45, 2.75) is 6.54 Å². The first-order chi connectivity index (χ1) is 10.1. The maximum absolute atomic E-state index is 4.48. The fourth-order valence-corrected chi connectivity index (χ4v) is 4.74. The number of para-hydroxylation sites is 1. The van der Waals surface area contributed by atoms with Gasteiger partial charge >= 0.3 is 0 Å². The first-order valence-corrected chi connectivity index (χ1v) is 8.74. The van der Waals surface area contributed by atoms with Crippen molar-refractivity contribution in [3.8, 4) is 0 Å². The number of nitrogens with one attached hydrogen (secondary N) is 1. The third-order valence-electron chi connectivity index (χ3n) is 3.18. The quantitative estimate of drug-likeness (QED) is 0.497. The highest BCUT2D eigenvalue weighted by Crippen LogP contribution is 2.34. The number of anilines is 1. The highest BCUT2D eigenvalue weighted by Gasteiger charge is 2.08. The molecule has 106 valence electrons. The molecule has 5 heteroatoms. The molecule has 1 aromatic heterocycles. The summed E-state index contributed by atoms with van der Waals surface area (Å²) in [7, 11) is 0. The lowest BCUT2D eigenvalue weighted by atomic mass is 10.1. The number of fused-ring (bicyclic) bond motifs is 1. The molecule has 0 fully saturated rings. The van der Waals surface area contributed by atoms with Crippen molar-refractivity contribution in [3.05, 3.63) is 67.6 Å². The largest absolute Gasteiger partial charge is 0.379 e. The Morgan fingerprint density at radius 1 is 0.952 bits per heavy atom. The Hall–Kier alpha value is -0.910. The fourth-order valence-electron chi connectivity index (χ4n) is 2.20. The van der Waals surface area contributed by atoms with E-state index in [1.54, 1.807) is 0 Å². The summed E-state index contributed by atoms with van der Waals surface area (Å²) in [6.45, 7) is 0.715. The van der Waals surface area contributed by atoms with Crippen LogP contribution in [0.5, 0.6) is 0 Å². The zero-order valence-corrected chi connectivity index (χ0v) is 15.7. The molecule has 0 aliphatic heterocycles. The molecule has 1 N–H and O–H groups in total. The molecule has 0 aliphatic carbocycles. The van der Waals surface area contributed by atoms with Gasteiger partial charge in [-0.1, -0.05) is 40.2 Å². The van der Waals surface area contributed by atoms with E-state index in [-0.39, 0.29) is 0 Å². The average molecular weight is 471 g/mol. The maximum Gasteiger partial charge on any atom is 0.0751 e. The van der Waals surface area contributed by atoms with E-state index in [0.29, 0.717) is 6.54 Å². The number of benzene rings is 2. The Balaban J connectivity index is 1.91. The molecule has 2 aromatic carbocycles. The van der Waals surface area contributed by atoms with Gasteiger partial charge in [-0.05, 0) is 55.6 Å². The highest BCUT2D eigenvalue weighted by molar-refractivity contribution is 9.11. The van der Waals surface area contributed by atoms with Crippen LogP contribution >= 0.6 is 47.8 Å². The summed E-state index contributed by atoms with van der Waals surface area (Å²) >= 11 is 10.6. The van der Waals surface area contributed by atoms with Gasteiger partial charge < -0.3 is 5.32 Å². The minimum absolute atomic E-state index is 0.715. The van der Waals surface area contributed by atoms with E-state index in [0.717, 1.165) is 30.0 Å². The van der Waals surface area contributed by atoms with Crippen molar-refractivity contribution in [1.82, 2.24) is 4.98 Å². The lowest BCUT2D eigenvalue weighted by Gasteiger charge is -2.12. The Kier molecular flexibility index (Phi) is 4.62. The number of hydrogen-bond acceptors (Lipinski definition) is 2. The van der Waals surface area contributed by atoms with Crippen LogP contribution in [0.25, 0.3) is 10.9 Å². The van der Waals surface area contributed by atoms with Crippen LogP contribution in [0.3, 0.4) is 0 Å². The Morgan fingerprint density at radius 3 is 2.43 bits per heavy atom. The van der Waals surface area contributed by atoms with Gasteiger partial charge in [0.25, 0.3) is 0 Å². The molecule has 2 nitrogen and oxygen atoms in total. The van der Waals surface area contributed by atoms with Gasteiger partial charge in [0.15, 0.2) is 0 Å². The van der Waals surface area contributed by atoms with E-state index in [9.17, 15) is 0 Å². The lowest BCUT2D eigenvalue weighted by molar-refractivity contribution is 1.14. The monoisotopic (exact) mass is 468 g/mol. The molecule has 0 unspecified atom stereocenters. The minimum atomic E-state index is 0.715. The van der Waals surface area contributed by atoms with E-state index >= 15 is 0 Å². The van der Waals surface area contributed by atoms with E-state index in [2.05, 4.69) is 82.4 Å². The average Bonchev–Trinajstić information content (AvgIpc) is 2.46. The molecule has 0 amide bonds. The number of halogens is 3. The Labute approximate surface area is 148 Å². The number of aromatic nitrogens is 1. The Bertz CT molecular complexity index is 774. The second-order valence-corrected chi connectivity index (χ2v) is 7.21. The van der Waals surface area contributed by atoms with Gasteiger partial charge in [0.1, 0.15) is 0 Å². The zero-order valence-electron chi connectivity index (χ0n) is 10.9. The normalized spacial score (nSPS) is 10.8. The molecule has 0 bridgehead atoms. The van der Waals surface area contributed by atoms with Gasteiger partial charge in [-0.25, -0.2) is 0 Å². The minimum Gasteiger partial charge on any atom is -0.379 e. The van der Waals surface area contributed by atoms with Crippen molar-refractivity contribution in [1.29, 1.82) is 0 Å². The first kappa shape index (κ1) is 15.0. The molecule has 0 saturated carbocycles. The predicted molar refractivity (Wildman–Crippen MR) is 98.6 cm³/mol. The molecule has 1 heterocycles. The second kappa shape index (κ2) is 6.46. The molecule has 3 aromatic rings. The standard InChI is InChI=1S/C16H11Br3N2/c17-12-7-13(18)16(14(19)8-12)21-9-11-4-1-3-10-5-2-6-20-15(10)11/h1-8,21H,9H2. The van der Waals surface area contributed by atoms with E-state index in [4.69, 9.17) is 0 Å². The highest BCUT2D eigenvalue weighted by atomic mass is 79.9. The van der Waals surface area contributed by atoms with Gasteiger partial charge in [-0.3, -0.25) is 4.98 Å². The van der Waals surface area contributed by atoms with Crippen LogP contribution in [0.2, 0.25) is 0 Å². The first-order valence-electron chi connectivity index (χ1n) is 6.36. The molecule has 0 saturated heterocycles. The summed E-state index contributed by atoms with van der Waals surface area (Å²) in [5.74, 6) is 0. The van der Waals surface area contributed by atoms with Gasteiger partial charge in [-0.15, -0.1) is 0 Å². The Morgan fingerprint density at radius 2 is 1.67 bits per heavy atom. The van der Waals surface area contributed by atoms with Gasteiger partial charge in [0, 0.05) is 31.5 Å².